The number of amides is 2. The van der Waals surface area contributed by atoms with Gasteiger partial charge in [-0.2, -0.15) is 5.10 Å². The second-order valence-electron chi connectivity index (χ2n) is 6.53. The summed E-state index contributed by atoms with van der Waals surface area (Å²) in [7, 11) is 1.87. The molecule has 2 amide bonds. The normalized spacial score (nSPS) is 15.2. The van der Waals surface area contributed by atoms with Gasteiger partial charge < -0.3 is 10.6 Å². The van der Waals surface area contributed by atoms with Gasteiger partial charge in [-0.3, -0.25) is 4.68 Å². The van der Waals surface area contributed by atoms with Gasteiger partial charge in [-0.15, -0.1) is 0 Å². The van der Waals surface area contributed by atoms with Crippen LogP contribution in [-0.2, 0) is 13.6 Å². The van der Waals surface area contributed by atoms with Gasteiger partial charge in [-0.1, -0.05) is 12.1 Å². The fourth-order valence-corrected chi connectivity index (χ4v) is 2.85. The first-order valence-electron chi connectivity index (χ1n) is 8.23. The van der Waals surface area contributed by atoms with Crippen LogP contribution in [0.25, 0.3) is 0 Å². The first-order chi connectivity index (χ1) is 11.5. The van der Waals surface area contributed by atoms with Crippen LogP contribution in [0.15, 0.2) is 24.4 Å². The molecule has 1 aliphatic rings. The zero-order valence-corrected chi connectivity index (χ0v) is 14.3. The summed E-state index contributed by atoms with van der Waals surface area (Å²) in [4.78, 5) is 12.3. The van der Waals surface area contributed by atoms with E-state index in [2.05, 4.69) is 15.7 Å². The summed E-state index contributed by atoms with van der Waals surface area (Å²) in [5, 5.41) is 10.1. The summed E-state index contributed by atoms with van der Waals surface area (Å²) < 4.78 is 15.3. The molecular weight excluding hydrogens is 307 g/mol. The zero-order valence-electron chi connectivity index (χ0n) is 14.3. The molecule has 2 aromatic rings. The molecule has 1 atom stereocenters. The fraction of sp³-hybridized carbons (Fsp3) is 0.444. The summed E-state index contributed by atoms with van der Waals surface area (Å²) in [5.41, 5.74) is 3.59. The van der Waals surface area contributed by atoms with Gasteiger partial charge in [0.1, 0.15) is 5.82 Å². The van der Waals surface area contributed by atoms with Crippen molar-refractivity contribution < 1.29 is 9.18 Å². The summed E-state index contributed by atoms with van der Waals surface area (Å²) in [6, 6.07) is 4.77. The van der Waals surface area contributed by atoms with Gasteiger partial charge in [-0.05, 0) is 49.8 Å². The molecule has 1 aliphatic carbocycles. The molecule has 0 saturated heterocycles. The predicted molar refractivity (Wildman–Crippen MR) is 89.9 cm³/mol. The first-order valence-corrected chi connectivity index (χ1v) is 8.23. The SMILES string of the molecule is Cc1cc(C(NC(=O)NCc2cnn(C)c2C)C2CC2)ccc1F. The maximum Gasteiger partial charge on any atom is 0.315 e. The molecule has 24 heavy (non-hydrogen) atoms. The highest BCUT2D eigenvalue weighted by atomic mass is 19.1. The number of benzene rings is 1. The standard InChI is InChI=1S/C18H23FN4O/c1-11-8-14(6-7-16(11)19)17(13-4-5-13)22-18(24)20-9-15-10-21-23(3)12(15)2/h6-8,10,13,17H,4-5,9H2,1-3H3,(H2,20,22,24). The molecule has 1 aromatic carbocycles. The van der Waals surface area contributed by atoms with Crippen molar-refractivity contribution in [1.29, 1.82) is 0 Å². The summed E-state index contributed by atoms with van der Waals surface area (Å²) in [5.74, 6) is 0.213. The average molecular weight is 330 g/mol. The lowest BCUT2D eigenvalue weighted by Crippen LogP contribution is -2.38. The average Bonchev–Trinajstić information content (AvgIpc) is 3.34. The van der Waals surface area contributed by atoms with Crippen LogP contribution in [0.1, 0.15) is 41.3 Å². The second kappa shape index (κ2) is 6.63. The van der Waals surface area contributed by atoms with Gasteiger partial charge >= 0.3 is 6.03 Å². The molecule has 1 aromatic heterocycles. The molecule has 128 valence electrons. The third-order valence-electron chi connectivity index (χ3n) is 4.70. The van der Waals surface area contributed by atoms with E-state index in [1.165, 1.54) is 6.07 Å². The van der Waals surface area contributed by atoms with Gasteiger partial charge in [0.15, 0.2) is 0 Å². The maximum absolute atomic E-state index is 13.5. The van der Waals surface area contributed by atoms with Gasteiger partial charge in [0, 0.05) is 24.8 Å². The van der Waals surface area contributed by atoms with E-state index in [1.807, 2.05) is 20.0 Å². The van der Waals surface area contributed by atoms with Crippen LogP contribution in [0.2, 0.25) is 0 Å². The molecule has 1 unspecified atom stereocenters. The maximum atomic E-state index is 13.5. The Bertz CT molecular complexity index is 751. The topological polar surface area (TPSA) is 59.0 Å². The van der Waals surface area contributed by atoms with Crippen LogP contribution >= 0.6 is 0 Å². The number of aryl methyl sites for hydroxylation is 2. The first kappa shape index (κ1) is 16.5. The summed E-state index contributed by atoms with van der Waals surface area (Å²) >= 11 is 0. The second-order valence-corrected chi connectivity index (χ2v) is 6.53. The van der Waals surface area contributed by atoms with E-state index >= 15 is 0 Å². The minimum absolute atomic E-state index is 0.0701. The van der Waals surface area contributed by atoms with Crippen LogP contribution in [0, 0.1) is 25.6 Å². The number of hydrogen-bond acceptors (Lipinski definition) is 2. The lowest BCUT2D eigenvalue weighted by molar-refractivity contribution is 0.235. The van der Waals surface area contributed by atoms with Crippen molar-refractivity contribution in [2.75, 3.05) is 0 Å². The molecule has 0 radical (unpaired) electrons. The molecule has 1 saturated carbocycles. The third kappa shape index (κ3) is 3.58. The number of nitrogens with zero attached hydrogens (tertiary/aromatic N) is 2. The number of hydrogen-bond donors (Lipinski definition) is 2. The Morgan fingerprint density at radius 1 is 1.42 bits per heavy atom. The number of aromatic nitrogens is 2. The highest BCUT2D eigenvalue weighted by Gasteiger charge is 2.33. The van der Waals surface area contributed by atoms with Crippen molar-refractivity contribution in [2.45, 2.75) is 39.3 Å². The Hall–Kier alpha value is -2.37. The lowest BCUT2D eigenvalue weighted by atomic mass is 10.0. The van der Waals surface area contributed by atoms with Crippen molar-refractivity contribution in [3.05, 3.63) is 52.6 Å². The van der Waals surface area contributed by atoms with E-state index in [-0.39, 0.29) is 17.9 Å². The Morgan fingerprint density at radius 3 is 2.75 bits per heavy atom. The molecule has 1 fully saturated rings. The van der Waals surface area contributed by atoms with E-state index < -0.39 is 0 Å². The van der Waals surface area contributed by atoms with Gasteiger partial charge in [0.25, 0.3) is 0 Å². The number of rotatable bonds is 5. The van der Waals surface area contributed by atoms with Crippen molar-refractivity contribution in [2.24, 2.45) is 13.0 Å². The van der Waals surface area contributed by atoms with Gasteiger partial charge in [0.05, 0.1) is 12.2 Å². The predicted octanol–water partition coefficient (Wildman–Crippen LogP) is 3.13. The highest BCUT2D eigenvalue weighted by molar-refractivity contribution is 5.74. The lowest BCUT2D eigenvalue weighted by Gasteiger charge is -2.20. The molecule has 3 rings (SSSR count). The van der Waals surface area contributed by atoms with E-state index in [4.69, 9.17) is 0 Å². The number of carbonyl (C=O) groups excluding carboxylic acids is 1. The van der Waals surface area contributed by atoms with Crippen molar-refractivity contribution in [3.8, 4) is 0 Å². The molecule has 0 bridgehead atoms. The Balaban J connectivity index is 1.64. The van der Waals surface area contributed by atoms with E-state index in [0.29, 0.717) is 18.0 Å². The summed E-state index contributed by atoms with van der Waals surface area (Å²) in [6.45, 7) is 4.15. The van der Waals surface area contributed by atoms with Crippen LogP contribution in [0.4, 0.5) is 9.18 Å². The molecule has 2 N–H and O–H groups in total. The number of nitrogens with one attached hydrogen (secondary N) is 2. The molecule has 6 heteroatoms. The zero-order chi connectivity index (χ0) is 17.3. The van der Waals surface area contributed by atoms with Gasteiger partial charge in [0.2, 0.25) is 0 Å². The van der Waals surface area contributed by atoms with Crippen molar-refractivity contribution >= 4 is 6.03 Å². The highest BCUT2D eigenvalue weighted by Crippen LogP contribution is 2.41. The number of halogens is 1. The molecular formula is C18H23FN4O. The Kier molecular flexibility index (Phi) is 4.55. The summed E-state index contributed by atoms with van der Waals surface area (Å²) in [6.07, 6.45) is 3.93. The van der Waals surface area contributed by atoms with Crippen LogP contribution in [-0.4, -0.2) is 15.8 Å². The minimum Gasteiger partial charge on any atom is -0.334 e. The minimum atomic E-state index is -0.218. The van der Waals surface area contributed by atoms with E-state index in [9.17, 15) is 9.18 Å². The molecule has 5 nitrogen and oxygen atoms in total. The Morgan fingerprint density at radius 2 is 2.17 bits per heavy atom. The third-order valence-corrected chi connectivity index (χ3v) is 4.70. The number of urea groups is 1. The quantitative estimate of drug-likeness (QED) is 0.885. The van der Waals surface area contributed by atoms with Crippen LogP contribution < -0.4 is 10.6 Å². The largest absolute Gasteiger partial charge is 0.334 e. The smallest absolute Gasteiger partial charge is 0.315 e. The van der Waals surface area contributed by atoms with Gasteiger partial charge in [-0.25, -0.2) is 9.18 Å². The monoisotopic (exact) mass is 330 g/mol. The molecule has 0 spiro atoms. The fourth-order valence-electron chi connectivity index (χ4n) is 2.85. The van der Waals surface area contributed by atoms with E-state index in [0.717, 1.165) is 29.7 Å². The molecule has 1 heterocycles. The van der Waals surface area contributed by atoms with E-state index in [1.54, 1.807) is 23.9 Å². The van der Waals surface area contributed by atoms with Crippen LogP contribution in [0.5, 0.6) is 0 Å². The van der Waals surface area contributed by atoms with Crippen LogP contribution in [0.3, 0.4) is 0 Å². The number of carbonyl (C=O) groups is 1. The Labute approximate surface area is 141 Å². The van der Waals surface area contributed by atoms with Crippen molar-refractivity contribution in [1.82, 2.24) is 20.4 Å². The van der Waals surface area contributed by atoms with Crippen molar-refractivity contribution in [3.63, 3.8) is 0 Å². The molecule has 0 aliphatic heterocycles.